The van der Waals surface area contributed by atoms with Crippen molar-refractivity contribution in [2.75, 3.05) is 19.7 Å². The molecule has 4 rings (SSSR count). The van der Waals surface area contributed by atoms with Gasteiger partial charge in [0, 0.05) is 44.8 Å². The van der Waals surface area contributed by atoms with Crippen molar-refractivity contribution in [1.82, 2.24) is 14.1 Å². The maximum Gasteiger partial charge on any atom is 0.243 e. The van der Waals surface area contributed by atoms with Gasteiger partial charge in [-0.15, -0.1) is 0 Å². The molecule has 2 aliphatic rings. The van der Waals surface area contributed by atoms with Crippen LogP contribution >= 0.6 is 0 Å². The van der Waals surface area contributed by atoms with Crippen LogP contribution in [0.1, 0.15) is 29.0 Å². The third kappa shape index (κ3) is 2.90. The molecule has 1 aliphatic heterocycles. The van der Waals surface area contributed by atoms with Crippen LogP contribution in [-0.2, 0) is 29.9 Å². The number of benzene rings is 1. The summed E-state index contributed by atoms with van der Waals surface area (Å²) in [5.74, 6) is -0.128. The van der Waals surface area contributed by atoms with Crippen LogP contribution in [0.2, 0.25) is 0 Å². The van der Waals surface area contributed by atoms with Gasteiger partial charge in [-0.3, -0.25) is 4.68 Å². The molecule has 1 saturated heterocycles. The Morgan fingerprint density at radius 1 is 1.24 bits per heavy atom. The van der Waals surface area contributed by atoms with Crippen LogP contribution in [-0.4, -0.2) is 47.3 Å². The number of aryl methyl sites for hydroxylation is 3. The van der Waals surface area contributed by atoms with E-state index >= 15 is 0 Å². The van der Waals surface area contributed by atoms with Crippen LogP contribution in [0.3, 0.4) is 0 Å². The summed E-state index contributed by atoms with van der Waals surface area (Å²) in [7, 11) is -1.70. The summed E-state index contributed by atoms with van der Waals surface area (Å²) in [6, 6.07) is 5.52. The maximum absolute atomic E-state index is 13.1. The first-order chi connectivity index (χ1) is 12.0. The van der Waals surface area contributed by atoms with Gasteiger partial charge in [-0.1, -0.05) is 6.07 Å². The molecule has 0 radical (unpaired) electrons. The molecule has 0 amide bonds. The van der Waals surface area contributed by atoms with Gasteiger partial charge in [-0.25, -0.2) is 8.42 Å². The second-order valence-corrected chi connectivity index (χ2v) is 9.04. The lowest BCUT2D eigenvalue weighted by Crippen LogP contribution is -2.29. The van der Waals surface area contributed by atoms with Gasteiger partial charge in [0.05, 0.1) is 11.1 Å². The molecule has 6 nitrogen and oxygen atoms in total. The maximum atomic E-state index is 13.1. The summed E-state index contributed by atoms with van der Waals surface area (Å²) in [6.45, 7) is 0.696. The SMILES string of the molecule is Cn1cc([C@@H]2CN(S(=O)(=O)c3ccc4c(c3)CCC4)C[C@H]2CO)cn1. The number of sulfonamides is 1. The highest BCUT2D eigenvalue weighted by Crippen LogP contribution is 2.36. The Balaban J connectivity index is 1.62. The molecule has 7 heteroatoms. The van der Waals surface area contributed by atoms with E-state index in [0.29, 0.717) is 18.0 Å². The van der Waals surface area contributed by atoms with Crippen LogP contribution in [0.25, 0.3) is 0 Å². The average Bonchev–Trinajstić information content (AvgIpc) is 3.32. The first kappa shape index (κ1) is 16.8. The van der Waals surface area contributed by atoms with Crippen LogP contribution in [0, 0.1) is 5.92 Å². The minimum absolute atomic E-state index is 0.0251. The van der Waals surface area contributed by atoms with Crippen LogP contribution in [0.4, 0.5) is 0 Å². The van der Waals surface area contributed by atoms with Crippen molar-refractivity contribution in [2.45, 2.75) is 30.1 Å². The fraction of sp³-hybridized carbons (Fsp3) is 0.500. The number of hydrogen-bond donors (Lipinski definition) is 1. The van der Waals surface area contributed by atoms with Crippen molar-refractivity contribution in [3.8, 4) is 0 Å². The van der Waals surface area contributed by atoms with E-state index in [1.165, 1.54) is 9.87 Å². The zero-order valence-corrected chi connectivity index (χ0v) is 15.1. The molecule has 1 fully saturated rings. The summed E-state index contributed by atoms with van der Waals surface area (Å²) in [5.41, 5.74) is 3.40. The Morgan fingerprint density at radius 2 is 2.04 bits per heavy atom. The lowest BCUT2D eigenvalue weighted by molar-refractivity contribution is 0.223. The van der Waals surface area contributed by atoms with Crippen LogP contribution in [0.15, 0.2) is 35.5 Å². The molecule has 0 bridgehead atoms. The zero-order chi connectivity index (χ0) is 17.6. The second-order valence-electron chi connectivity index (χ2n) is 7.10. The molecule has 0 spiro atoms. The normalized spacial score (nSPS) is 23.9. The van der Waals surface area contributed by atoms with Crippen molar-refractivity contribution in [1.29, 1.82) is 0 Å². The number of aromatic nitrogens is 2. The number of rotatable bonds is 4. The molecule has 25 heavy (non-hydrogen) atoms. The standard InChI is InChI=1S/C18H23N3O3S/c1-20-9-15(8-19-20)18-11-21(10-16(18)12-22)25(23,24)17-6-5-13-3-2-4-14(13)7-17/h5-9,16,18,22H,2-4,10-12H2,1H3/t16-,18-/m0/s1. The average molecular weight is 361 g/mol. The van der Waals surface area contributed by atoms with Crippen LogP contribution in [0.5, 0.6) is 0 Å². The minimum Gasteiger partial charge on any atom is -0.396 e. The zero-order valence-electron chi connectivity index (χ0n) is 14.3. The molecule has 1 N–H and O–H groups in total. The summed E-state index contributed by atoms with van der Waals surface area (Å²) in [5, 5.41) is 13.9. The number of nitrogens with zero attached hydrogens (tertiary/aromatic N) is 3. The number of hydrogen-bond acceptors (Lipinski definition) is 4. The monoisotopic (exact) mass is 361 g/mol. The highest BCUT2D eigenvalue weighted by atomic mass is 32.2. The van der Waals surface area contributed by atoms with Crippen molar-refractivity contribution in [3.63, 3.8) is 0 Å². The van der Waals surface area contributed by atoms with Gasteiger partial charge in [0.15, 0.2) is 0 Å². The van der Waals surface area contributed by atoms with E-state index in [1.807, 2.05) is 25.4 Å². The number of fused-ring (bicyclic) bond motifs is 1. The van der Waals surface area contributed by atoms with E-state index in [-0.39, 0.29) is 18.4 Å². The van der Waals surface area contributed by atoms with Crippen molar-refractivity contribution in [3.05, 3.63) is 47.3 Å². The fourth-order valence-electron chi connectivity index (χ4n) is 4.08. The molecule has 0 unspecified atom stereocenters. The number of aliphatic hydroxyl groups excluding tert-OH is 1. The Morgan fingerprint density at radius 3 is 2.76 bits per heavy atom. The third-order valence-electron chi connectivity index (χ3n) is 5.50. The fourth-order valence-corrected chi connectivity index (χ4v) is 5.65. The van der Waals surface area contributed by atoms with Crippen LogP contribution < -0.4 is 0 Å². The largest absolute Gasteiger partial charge is 0.396 e. The van der Waals surface area contributed by atoms with Gasteiger partial charge in [-0.05, 0) is 48.1 Å². The van der Waals surface area contributed by atoms with Gasteiger partial charge in [0.1, 0.15) is 0 Å². The molecule has 2 atom stereocenters. The summed E-state index contributed by atoms with van der Waals surface area (Å²) < 4.78 is 29.4. The Hall–Kier alpha value is -1.70. The summed E-state index contributed by atoms with van der Waals surface area (Å²) >= 11 is 0. The quantitative estimate of drug-likeness (QED) is 0.891. The minimum atomic E-state index is -3.54. The first-order valence-corrected chi connectivity index (χ1v) is 10.1. The predicted molar refractivity (Wildman–Crippen MR) is 93.8 cm³/mol. The lowest BCUT2D eigenvalue weighted by atomic mass is 9.92. The van der Waals surface area contributed by atoms with Crippen molar-refractivity contribution < 1.29 is 13.5 Å². The van der Waals surface area contributed by atoms with E-state index in [9.17, 15) is 13.5 Å². The molecule has 2 aromatic rings. The van der Waals surface area contributed by atoms with Gasteiger partial charge in [-0.2, -0.15) is 9.40 Å². The summed E-state index contributed by atoms with van der Waals surface area (Å²) in [4.78, 5) is 0.372. The molecular weight excluding hydrogens is 338 g/mol. The molecule has 2 heterocycles. The van der Waals surface area contributed by atoms with Gasteiger partial charge in [0.2, 0.25) is 10.0 Å². The Bertz CT molecular complexity index is 891. The third-order valence-corrected chi connectivity index (χ3v) is 7.33. The molecular formula is C18H23N3O3S. The molecule has 134 valence electrons. The van der Waals surface area contributed by atoms with E-state index in [0.717, 1.165) is 30.4 Å². The van der Waals surface area contributed by atoms with Crippen molar-refractivity contribution in [2.24, 2.45) is 13.0 Å². The van der Waals surface area contributed by atoms with Crippen molar-refractivity contribution >= 4 is 10.0 Å². The van der Waals surface area contributed by atoms with E-state index < -0.39 is 10.0 Å². The van der Waals surface area contributed by atoms with Gasteiger partial charge < -0.3 is 5.11 Å². The van der Waals surface area contributed by atoms with E-state index in [2.05, 4.69) is 5.10 Å². The van der Waals surface area contributed by atoms with Gasteiger partial charge in [0.25, 0.3) is 0 Å². The molecule has 1 aliphatic carbocycles. The summed E-state index contributed by atoms with van der Waals surface area (Å²) in [6.07, 6.45) is 6.75. The molecule has 1 aromatic carbocycles. The topological polar surface area (TPSA) is 75.4 Å². The van der Waals surface area contributed by atoms with E-state index in [4.69, 9.17) is 0 Å². The van der Waals surface area contributed by atoms with E-state index in [1.54, 1.807) is 16.9 Å². The molecule has 1 aromatic heterocycles. The highest BCUT2D eigenvalue weighted by Gasteiger charge is 2.40. The Labute approximate surface area is 148 Å². The second kappa shape index (κ2) is 6.23. The first-order valence-electron chi connectivity index (χ1n) is 8.70. The van der Waals surface area contributed by atoms with Gasteiger partial charge >= 0.3 is 0 Å². The highest BCUT2D eigenvalue weighted by molar-refractivity contribution is 7.89. The smallest absolute Gasteiger partial charge is 0.243 e. The lowest BCUT2D eigenvalue weighted by Gasteiger charge is -2.17. The number of aliphatic hydroxyl groups is 1. The molecule has 0 saturated carbocycles. The Kier molecular flexibility index (Phi) is 4.17. The predicted octanol–water partition coefficient (Wildman–Crippen LogP) is 1.31.